The Morgan fingerprint density at radius 1 is 1.16 bits per heavy atom. The highest BCUT2D eigenvalue weighted by molar-refractivity contribution is 7.98. The monoisotopic (exact) mass is 376 g/mol. The molecule has 1 unspecified atom stereocenters. The van der Waals surface area contributed by atoms with Crippen LogP contribution in [0.3, 0.4) is 0 Å². The summed E-state index contributed by atoms with van der Waals surface area (Å²) in [6, 6.07) is 15.1. The Balaban J connectivity index is 1.80. The second-order valence-electron chi connectivity index (χ2n) is 5.81. The number of hydrogen-bond donors (Lipinski definition) is 1. The van der Waals surface area contributed by atoms with Crippen molar-refractivity contribution in [2.75, 3.05) is 18.1 Å². The maximum Gasteiger partial charge on any atom is 0.243 e. The van der Waals surface area contributed by atoms with Crippen LogP contribution in [0.2, 0.25) is 0 Å². The van der Waals surface area contributed by atoms with Gasteiger partial charge in [0.2, 0.25) is 15.9 Å². The Morgan fingerprint density at radius 3 is 2.64 bits per heavy atom. The van der Waals surface area contributed by atoms with Gasteiger partial charge in [-0.3, -0.25) is 4.79 Å². The Morgan fingerprint density at radius 2 is 1.92 bits per heavy atom. The van der Waals surface area contributed by atoms with Crippen LogP contribution in [-0.4, -0.2) is 37.5 Å². The van der Waals surface area contributed by atoms with Crippen LogP contribution in [0.1, 0.15) is 12.8 Å². The first-order chi connectivity index (χ1) is 12.0. The molecule has 1 fully saturated rings. The third-order valence-corrected chi connectivity index (χ3v) is 6.84. The topological polar surface area (TPSA) is 66.5 Å². The van der Waals surface area contributed by atoms with E-state index >= 15 is 0 Å². The highest BCUT2D eigenvalue weighted by Crippen LogP contribution is 2.27. The van der Waals surface area contributed by atoms with Gasteiger partial charge in [0.25, 0.3) is 0 Å². The molecule has 2 aromatic carbocycles. The van der Waals surface area contributed by atoms with Crippen LogP contribution in [0.5, 0.6) is 0 Å². The molecule has 1 aliphatic rings. The van der Waals surface area contributed by atoms with Crippen LogP contribution < -0.4 is 5.32 Å². The first kappa shape index (κ1) is 18.0. The maximum absolute atomic E-state index is 12.8. The molecule has 1 amide bonds. The van der Waals surface area contributed by atoms with Gasteiger partial charge in [-0.05, 0) is 49.4 Å². The van der Waals surface area contributed by atoms with Gasteiger partial charge in [-0.2, -0.15) is 4.31 Å². The molecule has 0 saturated carbocycles. The largest absolute Gasteiger partial charge is 0.325 e. The van der Waals surface area contributed by atoms with Crippen molar-refractivity contribution in [1.29, 1.82) is 0 Å². The number of carbonyl (C=O) groups is 1. The Kier molecular flexibility index (Phi) is 5.46. The summed E-state index contributed by atoms with van der Waals surface area (Å²) in [6.07, 6.45) is 3.17. The van der Waals surface area contributed by atoms with Crippen LogP contribution in [0.4, 0.5) is 5.69 Å². The molecule has 1 heterocycles. The number of sulfonamides is 1. The average Bonchev–Trinajstić information content (AvgIpc) is 3.13. The Bertz CT molecular complexity index is 854. The number of nitrogens with zero attached hydrogens (tertiary/aromatic N) is 1. The summed E-state index contributed by atoms with van der Waals surface area (Å²) in [5.41, 5.74) is 0.681. The predicted octanol–water partition coefficient (Wildman–Crippen LogP) is 3.20. The van der Waals surface area contributed by atoms with Crippen molar-refractivity contribution >= 4 is 33.4 Å². The minimum absolute atomic E-state index is 0.221. The molecule has 0 radical (unpaired) electrons. The Hall–Kier alpha value is -1.83. The van der Waals surface area contributed by atoms with Crippen molar-refractivity contribution in [1.82, 2.24) is 4.31 Å². The van der Waals surface area contributed by atoms with E-state index in [1.807, 2.05) is 30.5 Å². The van der Waals surface area contributed by atoms with Gasteiger partial charge in [-0.1, -0.05) is 24.3 Å². The summed E-state index contributed by atoms with van der Waals surface area (Å²) in [6.45, 7) is 0.361. The molecule has 25 heavy (non-hydrogen) atoms. The standard InChI is InChI=1S/C18H20N2O3S2/c1-24-15-8-5-7-14(13-15)19-18(21)17-11-6-12-20(17)25(22,23)16-9-3-2-4-10-16/h2-5,7-10,13,17H,6,11-12H2,1H3,(H,19,21). The molecule has 0 bridgehead atoms. The SMILES string of the molecule is CSc1cccc(NC(=O)C2CCCN2S(=O)(=O)c2ccccc2)c1. The van der Waals surface area contributed by atoms with E-state index in [0.717, 1.165) is 4.90 Å². The molecular weight excluding hydrogens is 356 g/mol. The maximum atomic E-state index is 12.8. The fraction of sp³-hybridized carbons (Fsp3) is 0.278. The third kappa shape index (κ3) is 3.89. The lowest BCUT2D eigenvalue weighted by Crippen LogP contribution is -2.43. The van der Waals surface area contributed by atoms with Crippen molar-refractivity contribution in [3.8, 4) is 0 Å². The molecule has 132 valence electrons. The zero-order valence-corrected chi connectivity index (χ0v) is 15.5. The van der Waals surface area contributed by atoms with Gasteiger partial charge >= 0.3 is 0 Å². The predicted molar refractivity (Wildman–Crippen MR) is 100 cm³/mol. The summed E-state index contributed by atoms with van der Waals surface area (Å²) in [7, 11) is -3.67. The molecule has 0 aromatic heterocycles. The van der Waals surface area contributed by atoms with Crippen molar-refractivity contribution in [2.24, 2.45) is 0 Å². The van der Waals surface area contributed by atoms with Gasteiger partial charge in [0.1, 0.15) is 6.04 Å². The van der Waals surface area contributed by atoms with E-state index in [1.165, 1.54) is 4.31 Å². The lowest BCUT2D eigenvalue weighted by Gasteiger charge is -2.23. The van der Waals surface area contributed by atoms with E-state index in [0.29, 0.717) is 25.1 Å². The molecule has 5 nitrogen and oxygen atoms in total. The zero-order chi connectivity index (χ0) is 17.9. The van der Waals surface area contributed by atoms with Crippen LogP contribution in [0.15, 0.2) is 64.4 Å². The van der Waals surface area contributed by atoms with Crippen LogP contribution in [-0.2, 0) is 14.8 Å². The van der Waals surface area contributed by atoms with E-state index in [4.69, 9.17) is 0 Å². The highest BCUT2D eigenvalue weighted by Gasteiger charge is 2.39. The molecule has 1 N–H and O–H groups in total. The minimum Gasteiger partial charge on any atom is -0.325 e. The van der Waals surface area contributed by atoms with Gasteiger partial charge in [0, 0.05) is 17.1 Å². The number of amides is 1. The summed E-state index contributed by atoms with van der Waals surface area (Å²) >= 11 is 1.59. The molecule has 7 heteroatoms. The fourth-order valence-corrected chi connectivity index (χ4v) is 5.08. The second kappa shape index (κ2) is 7.59. The van der Waals surface area contributed by atoms with Crippen molar-refractivity contribution in [2.45, 2.75) is 28.7 Å². The van der Waals surface area contributed by atoms with E-state index in [9.17, 15) is 13.2 Å². The molecule has 3 rings (SSSR count). The van der Waals surface area contributed by atoms with Gasteiger partial charge < -0.3 is 5.32 Å². The molecule has 1 saturated heterocycles. The van der Waals surface area contributed by atoms with Crippen molar-refractivity contribution < 1.29 is 13.2 Å². The first-order valence-electron chi connectivity index (χ1n) is 8.04. The van der Waals surface area contributed by atoms with Gasteiger partial charge in [0.05, 0.1) is 4.90 Å². The average molecular weight is 377 g/mol. The second-order valence-corrected chi connectivity index (χ2v) is 8.58. The molecule has 1 atom stereocenters. The number of rotatable bonds is 5. The number of nitrogens with one attached hydrogen (secondary N) is 1. The summed E-state index contributed by atoms with van der Waals surface area (Å²) in [4.78, 5) is 13.9. The fourth-order valence-electron chi connectivity index (χ4n) is 2.94. The van der Waals surface area contributed by atoms with Crippen molar-refractivity contribution in [3.05, 3.63) is 54.6 Å². The summed E-state index contributed by atoms with van der Waals surface area (Å²) in [5, 5.41) is 2.85. The van der Waals surface area contributed by atoms with E-state index < -0.39 is 16.1 Å². The quantitative estimate of drug-likeness (QED) is 0.814. The third-order valence-electron chi connectivity index (χ3n) is 4.19. The Labute approximate surface area is 152 Å². The number of anilines is 1. The molecule has 2 aromatic rings. The molecular formula is C18H20N2O3S2. The number of hydrogen-bond acceptors (Lipinski definition) is 4. The number of carbonyl (C=O) groups excluding carboxylic acids is 1. The van der Waals surface area contributed by atoms with Gasteiger partial charge in [-0.25, -0.2) is 8.42 Å². The van der Waals surface area contributed by atoms with Crippen LogP contribution >= 0.6 is 11.8 Å². The van der Waals surface area contributed by atoms with Crippen LogP contribution in [0.25, 0.3) is 0 Å². The summed E-state index contributed by atoms with van der Waals surface area (Å²) in [5.74, 6) is -0.282. The molecule has 0 aliphatic carbocycles. The lowest BCUT2D eigenvalue weighted by atomic mass is 10.2. The highest BCUT2D eigenvalue weighted by atomic mass is 32.2. The van der Waals surface area contributed by atoms with E-state index in [1.54, 1.807) is 42.1 Å². The molecule has 0 spiro atoms. The van der Waals surface area contributed by atoms with Gasteiger partial charge in [0.15, 0.2) is 0 Å². The first-order valence-corrected chi connectivity index (χ1v) is 10.7. The number of benzene rings is 2. The van der Waals surface area contributed by atoms with Crippen molar-refractivity contribution in [3.63, 3.8) is 0 Å². The normalized spacial score (nSPS) is 18.2. The zero-order valence-electron chi connectivity index (χ0n) is 13.9. The summed E-state index contributed by atoms with van der Waals surface area (Å²) < 4.78 is 27.0. The minimum atomic E-state index is -3.67. The number of thioether (sulfide) groups is 1. The van der Waals surface area contributed by atoms with E-state index in [-0.39, 0.29) is 10.8 Å². The van der Waals surface area contributed by atoms with Crippen LogP contribution in [0, 0.1) is 0 Å². The lowest BCUT2D eigenvalue weighted by molar-refractivity contribution is -0.119. The van der Waals surface area contributed by atoms with Gasteiger partial charge in [-0.15, -0.1) is 11.8 Å². The van der Waals surface area contributed by atoms with E-state index in [2.05, 4.69) is 5.32 Å². The smallest absolute Gasteiger partial charge is 0.243 e. The molecule has 1 aliphatic heterocycles.